The van der Waals surface area contributed by atoms with Crippen molar-refractivity contribution in [1.82, 2.24) is 9.88 Å². The number of para-hydroxylation sites is 1. The third kappa shape index (κ3) is 6.17. The second kappa shape index (κ2) is 10.7. The molecule has 0 unspecified atom stereocenters. The molecule has 0 bridgehead atoms. The van der Waals surface area contributed by atoms with Gasteiger partial charge >= 0.3 is 6.09 Å². The third-order valence-electron chi connectivity index (χ3n) is 7.18. The molecule has 0 atom stereocenters. The highest BCUT2D eigenvalue weighted by Crippen LogP contribution is 2.35. The van der Waals surface area contributed by atoms with Crippen molar-refractivity contribution in [3.8, 4) is 0 Å². The molecule has 2 aliphatic rings. The van der Waals surface area contributed by atoms with Gasteiger partial charge in [0.2, 0.25) is 11.7 Å². The molecule has 2 amide bonds. The van der Waals surface area contributed by atoms with Crippen LogP contribution in [0.1, 0.15) is 62.2 Å². The Labute approximate surface area is 239 Å². The van der Waals surface area contributed by atoms with Gasteiger partial charge in [-0.25, -0.2) is 18.2 Å². The Kier molecular flexibility index (Phi) is 7.46. The van der Waals surface area contributed by atoms with Gasteiger partial charge in [-0.2, -0.15) is 0 Å². The van der Waals surface area contributed by atoms with E-state index in [9.17, 15) is 22.8 Å². The second-order valence-electron chi connectivity index (χ2n) is 11.5. The van der Waals surface area contributed by atoms with E-state index in [1.54, 1.807) is 62.1 Å². The number of sulfone groups is 1. The zero-order valence-electron chi connectivity index (χ0n) is 23.6. The van der Waals surface area contributed by atoms with Crippen molar-refractivity contribution >= 4 is 50.3 Å². The van der Waals surface area contributed by atoms with Crippen LogP contribution in [0.4, 0.5) is 10.5 Å². The molecule has 0 N–H and O–H groups in total. The topological polar surface area (TPSA) is 114 Å². The number of fused-ring (bicyclic) bond motifs is 2. The van der Waals surface area contributed by atoms with Gasteiger partial charge in [0.1, 0.15) is 15.4 Å². The Morgan fingerprint density at radius 3 is 2.46 bits per heavy atom. The molecule has 3 heterocycles. The summed E-state index contributed by atoms with van der Waals surface area (Å²) in [5.74, 6) is -0.396. The van der Waals surface area contributed by atoms with E-state index in [1.165, 1.54) is 11.8 Å². The Bertz CT molecular complexity index is 1680. The largest absolute Gasteiger partial charge is 0.444 e. The molecule has 9 nitrogen and oxygen atoms in total. The van der Waals surface area contributed by atoms with Crippen molar-refractivity contribution in [2.24, 2.45) is 0 Å². The maximum absolute atomic E-state index is 13.2. The number of anilines is 1. The molecule has 1 saturated heterocycles. The number of ketones is 1. The zero-order valence-corrected chi connectivity index (χ0v) is 24.4. The van der Waals surface area contributed by atoms with Gasteiger partial charge in [0, 0.05) is 30.5 Å². The fraction of sp³-hybridized carbons (Fsp3) is 0.355. The predicted molar refractivity (Wildman–Crippen MR) is 157 cm³/mol. The van der Waals surface area contributed by atoms with Gasteiger partial charge in [0.15, 0.2) is 0 Å². The predicted octanol–water partition coefficient (Wildman–Crippen LogP) is 5.14. The normalized spacial score (nSPS) is 18.0. The van der Waals surface area contributed by atoms with E-state index in [-0.39, 0.29) is 41.5 Å². The average molecular weight is 576 g/mol. The Hall–Kier alpha value is -4.05. The van der Waals surface area contributed by atoms with Crippen molar-refractivity contribution in [2.45, 2.75) is 58.7 Å². The number of ether oxygens (including phenoxy) is 1. The molecule has 0 aliphatic carbocycles. The number of Topliss-reactive ketones (excluding diaryl/α,β-unsaturated/α-hetero) is 1. The molecule has 10 heteroatoms. The number of hydrogen-bond acceptors (Lipinski definition) is 7. The summed E-state index contributed by atoms with van der Waals surface area (Å²) >= 11 is 0. The van der Waals surface area contributed by atoms with Gasteiger partial charge in [-0.1, -0.05) is 24.3 Å². The summed E-state index contributed by atoms with van der Waals surface area (Å²) in [7, 11) is -3.09. The standard InChI is InChI=1S/C31H33N3O6S/c1-20(35)34-27-8-6-5-7-25(27)29(36)28(34)18-23-11-10-22-17-21(9-12-26(22)32-23)19-33(30(37)40-31(2,3)4)24-13-15-41(38,39)16-14-24/h5-12,17-18,24H,13-16,19H2,1-4H3/b28-18-. The number of carbonyl (C=O) groups excluding carboxylic acids is 3. The Balaban J connectivity index is 1.41. The van der Waals surface area contributed by atoms with Crippen LogP contribution in [0.2, 0.25) is 0 Å². The SMILES string of the molecule is CC(=O)N1/C(=C\c2ccc3cc(CN(C(=O)OC(C)(C)C)C4CCS(=O)(=O)CC4)ccc3n2)C(=O)c2ccccc21. The number of hydrogen-bond donors (Lipinski definition) is 0. The van der Waals surface area contributed by atoms with E-state index < -0.39 is 21.5 Å². The highest BCUT2D eigenvalue weighted by molar-refractivity contribution is 7.91. The smallest absolute Gasteiger partial charge is 0.410 e. The molecule has 0 radical (unpaired) electrons. The number of carbonyl (C=O) groups is 3. The van der Waals surface area contributed by atoms with E-state index in [4.69, 9.17) is 9.72 Å². The van der Waals surface area contributed by atoms with Gasteiger partial charge < -0.3 is 9.64 Å². The number of aromatic nitrogens is 1. The molecule has 1 aromatic heterocycles. The quantitative estimate of drug-likeness (QED) is 0.396. The lowest BCUT2D eigenvalue weighted by Crippen LogP contribution is -2.46. The maximum atomic E-state index is 13.2. The van der Waals surface area contributed by atoms with Gasteiger partial charge in [-0.3, -0.25) is 14.5 Å². The fourth-order valence-electron chi connectivity index (χ4n) is 5.26. The number of amides is 2. The number of rotatable bonds is 4. The first-order chi connectivity index (χ1) is 19.3. The third-order valence-corrected chi connectivity index (χ3v) is 8.90. The molecule has 2 aliphatic heterocycles. The van der Waals surface area contributed by atoms with Crippen molar-refractivity contribution in [1.29, 1.82) is 0 Å². The van der Waals surface area contributed by atoms with Crippen molar-refractivity contribution < 1.29 is 27.5 Å². The van der Waals surface area contributed by atoms with Crippen LogP contribution in [-0.2, 0) is 25.9 Å². The van der Waals surface area contributed by atoms with Gasteiger partial charge in [0.05, 0.1) is 34.1 Å². The van der Waals surface area contributed by atoms with Crippen LogP contribution in [-0.4, -0.2) is 59.2 Å². The highest BCUT2D eigenvalue weighted by atomic mass is 32.2. The summed E-state index contributed by atoms with van der Waals surface area (Å²) in [5, 5.41) is 0.837. The van der Waals surface area contributed by atoms with Crippen LogP contribution in [0.3, 0.4) is 0 Å². The Morgan fingerprint density at radius 2 is 1.78 bits per heavy atom. The molecule has 41 heavy (non-hydrogen) atoms. The minimum atomic E-state index is -3.09. The molecule has 1 fully saturated rings. The lowest BCUT2D eigenvalue weighted by atomic mass is 10.1. The monoisotopic (exact) mass is 575 g/mol. The van der Waals surface area contributed by atoms with Crippen molar-refractivity contribution in [2.75, 3.05) is 16.4 Å². The first kappa shape index (κ1) is 28.5. The molecular formula is C31H33N3O6S. The minimum Gasteiger partial charge on any atom is -0.444 e. The number of pyridine rings is 1. The fourth-order valence-corrected chi connectivity index (χ4v) is 6.72. The minimum absolute atomic E-state index is 0.0472. The second-order valence-corrected chi connectivity index (χ2v) is 13.8. The molecular weight excluding hydrogens is 542 g/mol. The van der Waals surface area contributed by atoms with Gasteiger partial charge in [0.25, 0.3) is 0 Å². The van der Waals surface area contributed by atoms with Crippen LogP contribution in [0.25, 0.3) is 17.0 Å². The lowest BCUT2D eigenvalue weighted by Gasteiger charge is -2.35. The van der Waals surface area contributed by atoms with E-state index in [1.807, 2.05) is 24.3 Å². The molecule has 0 saturated carbocycles. The van der Waals surface area contributed by atoms with Crippen LogP contribution in [0.5, 0.6) is 0 Å². The molecule has 0 spiro atoms. The summed E-state index contributed by atoms with van der Waals surface area (Å²) in [5.41, 5.74) is 2.68. The number of nitrogens with zero attached hydrogens (tertiary/aromatic N) is 3. The van der Waals surface area contributed by atoms with Gasteiger partial charge in [-0.05, 0) is 75.6 Å². The Morgan fingerprint density at radius 1 is 1.07 bits per heavy atom. The van der Waals surface area contributed by atoms with Crippen LogP contribution < -0.4 is 4.90 Å². The van der Waals surface area contributed by atoms with Crippen LogP contribution >= 0.6 is 0 Å². The summed E-state index contributed by atoms with van der Waals surface area (Å²) < 4.78 is 29.7. The lowest BCUT2D eigenvalue weighted by molar-refractivity contribution is -0.116. The van der Waals surface area contributed by atoms with Gasteiger partial charge in [-0.15, -0.1) is 0 Å². The van der Waals surface area contributed by atoms with Crippen LogP contribution in [0, 0.1) is 0 Å². The number of benzene rings is 2. The van der Waals surface area contributed by atoms with E-state index in [2.05, 4.69) is 0 Å². The zero-order chi connectivity index (χ0) is 29.5. The molecule has 3 aromatic rings. The molecule has 214 valence electrons. The van der Waals surface area contributed by atoms with Crippen molar-refractivity contribution in [3.05, 3.63) is 77.1 Å². The molecule has 5 rings (SSSR count). The summed E-state index contributed by atoms with van der Waals surface area (Å²) in [6.45, 7) is 7.09. The van der Waals surface area contributed by atoms with Crippen LogP contribution in [0.15, 0.2) is 60.3 Å². The summed E-state index contributed by atoms with van der Waals surface area (Å²) in [6, 6.07) is 16.1. The van der Waals surface area contributed by atoms with E-state index >= 15 is 0 Å². The van der Waals surface area contributed by atoms with E-state index in [0.717, 1.165) is 10.9 Å². The first-order valence-corrected chi connectivity index (χ1v) is 15.4. The molecule has 2 aromatic carbocycles. The van der Waals surface area contributed by atoms with Crippen molar-refractivity contribution in [3.63, 3.8) is 0 Å². The maximum Gasteiger partial charge on any atom is 0.410 e. The van der Waals surface area contributed by atoms with E-state index in [0.29, 0.717) is 35.3 Å². The highest BCUT2D eigenvalue weighted by Gasteiger charge is 2.35. The first-order valence-electron chi connectivity index (χ1n) is 13.6. The summed E-state index contributed by atoms with van der Waals surface area (Å²) in [6.07, 6.45) is 1.89. The summed E-state index contributed by atoms with van der Waals surface area (Å²) in [4.78, 5) is 46.4. The average Bonchev–Trinajstić information content (AvgIpc) is 3.18. The number of allylic oxidation sites excluding steroid dienone is 1.